The van der Waals surface area contributed by atoms with Crippen LogP contribution in [0, 0.1) is 11.7 Å². The average Bonchev–Trinajstić information content (AvgIpc) is 2.68. The van der Waals surface area contributed by atoms with Crippen LogP contribution in [0.4, 0.5) is 10.2 Å². The fraction of sp³-hybridized carbons (Fsp3) is 0.250. The van der Waals surface area contributed by atoms with Crippen LogP contribution in [-0.2, 0) is 0 Å². The zero-order chi connectivity index (χ0) is 17.2. The van der Waals surface area contributed by atoms with E-state index in [2.05, 4.69) is 14.9 Å². The van der Waals surface area contributed by atoms with Crippen LogP contribution in [0.15, 0.2) is 54.9 Å². The molecule has 0 bridgehead atoms. The van der Waals surface area contributed by atoms with Gasteiger partial charge in [-0.1, -0.05) is 12.1 Å². The topological polar surface area (TPSA) is 46.1 Å². The van der Waals surface area contributed by atoms with Gasteiger partial charge in [-0.05, 0) is 49.2 Å². The monoisotopic (exact) mass is 335 g/mol. The van der Waals surface area contributed by atoms with Crippen molar-refractivity contribution in [1.29, 1.82) is 0 Å². The van der Waals surface area contributed by atoms with Crippen LogP contribution < -0.4 is 4.90 Å². The van der Waals surface area contributed by atoms with Gasteiger partial charge in [0.25, 0.3) is 0 Å². The van der Waals surface area contributed by atoms with E-state index in [0.29, 0.717) is 5.56 Å². The molecular weight excluding hydrogens is 317 g/mol. The first-order chi connectivity index (χ1) is 12.2. The highest BCUT2D eigenvalue weighted by Crippen LogP contribution is 2.28. The fourth-order valence-electron chi connectivity index (χ4n) is 3.45. The molecule has 1 saturated heterocycles. The Kier molecular flexibility index (Phi) is 4.14. The molecule has 0 saturated carbocycles. The van der Waals surface area contributed by atoms with Gasteiger partial charge in [-0.25, -0.2) is 14.4 Å². The number of carbonyl (C=O) groups is 1. The molecule has 1 aliphatic heterocycles. The maximum Gasteiger partial charge on any atom is 0.166 e. The summed E-state index contributed by atoms with van der Waals surface area (Å²) in [5, 5.41) is 1.04. The van der Waals surface area contributed by atoms with Crippen LogP contribution in [0.5, 0.6) is 0 Å². The second kappa shape index (κ2) is 6.59. The number of ketones is 1. The number of fused-ring (bicyclic) bond motifs is 1. The summed E-state index contributed by atoms with van der Waals surface area (Å²) in [5.74, 6) is 0.697. The van der Waals surface area contributed by atoms with Gasteiger partial charge in [-0.15, -0.1) is 0 Å². The molecule has 0 radical (unpaired) electrons. The van der Waals surface area contributed by atoms with Gasteiger partial charge in [0.15, 0.2) is 5.78 Å². The lowest BCUT2D eigenvalue weighted by atomic mass is 9.89. The smallest absolute Gasteiger partial charge is 0.166 e. The Balaban J connectivity index is 1.49. The molecule has 0 unspecified atom stereocenters. The molecule has 0 N–H and O–H groups in total. The number of anilines is 1. The van der Waals surface area contributed by atoms with Gasteiger partial charge >= 0.3 is 0 Å². The van der Waals surface area contributed by atoms with Gasteiger partial charge in [-0.3, -0.25) is 4.79 Å². The zero-order valence-electron chi connectivity index (χ0n) is 13.7. The number of halogens is 1. The Bertz CT molecular complexity index is 897. The molecule has 4 nitrogen and oxygen atoms in total. The highest BCUT2D eigenvalue weighted by atomic mass is 19.1. The largest absolute Gasteiger partial charge is 0.356 e. The first-order valence-corrected chi connectivity index (χ1v) is 8.47. The van der Waals surface area contributed by atoms with E-state index in [-0.39, 0.29) is 17.5 Å². The van der Waals surface area contributed by atoms with Crippen molar-refractivity contribution < 1.29 is 9.18 Å². The van der Waals surface area contributed by atoms with Crippen LogP contribution in [0.1, 0.15) is 23.2 Å². The molecule has 25 heavy (non-hydrogen) atoms. The van der Waals surface area contributed by atoms with Gasteiger partial charge < -0.3 is 4.90 Å². The number of Topliss-reactive ketones (excluding diaryl/α,β-unsaturated/α-hetero) is 1. The highest BCUT2D eigenvalue weighted by Gasteiger charge is 2.27. The number of carbonyl (C=O) groups excluding carboxylic acids is 1. The second-order valence-corrected chi connectivity index (χ2v) is 6.35. The number of hydrogen-bond acceptors (Lipinski definition) is 4. The summed E-state index contributed by atoms with van der Waals surface area (Å²) < 4.78 is 13.0. The van der Waals surface area contributed by atoms with E-state index in [1.54, 1.807) is 18.5 Å². The second-order valence-electron chi connectivity index (χ2n) is 6.35. The Labute approximate surface area is 145 Å². The van der Waals surface area contributed by atoms with E-state index in [9.17, 15) is 9.18 Å². The third-order valence-electron chi connectivity index (χ3n) is 4.82. The molecule has 2 aromatic carbocycles. The molecule has 0 atom stereocenters. The van der Waals surface area contributed by atoms with Crippen molar-refractivity contribution in [2.24, 2.45) is 5.92 Å². The van der Waals surface area contributed by atoms with Gasteiger partial charge in [-0.2, -0.15) is 0 Å². The summed E-state index contributed by atoms with van der Waals surface area (Å²) in [7, 11) is 0. The van der Waals surface area contributed by atoms with Crippen molar-refractivity contribution in [1.82, 2.24) is 9.97 Å². The molecule has 126 valence electrons. The Morgan fingerprint density at radius 3 is 2.48 bits per heavy atom. The standard InChI is InChI=1S/C20H18FN3O/c21-16-7-5-14(6-8-16)19(25)15-9-11-24(12-10-15)20-17-3-1-2-4-18(17)22-13-23-20/h1-8,13,15H,9-12H2. The number of para-hydroxylation sites is 1. The van der Waals surface area contributed by atoms with Gasteiger partial charge in [0.05, 0.1) is 5.52 Å². The normalized spacial score (nSPS) is 15.5. The first kappa shape index (κ1) is 15.7. The summed E-state index contributed by atoms with van der Waals surface area (Å²) in [6.45, 7) is 1.55. The van der Waals surface area contributed by atoms with E-state index in [0.717, 1.165) is 42.7 Å². The summed E-state index contributed by atoms with van der Waals surface area (Å²) in [4.78, 5) is 23.6. The molecule has 1 fully saturated rings. The van der Waals surface area contributed by atoms with Crippen LogP contribution in [-0.4, -0.2) is 28.8 Å². The molecule has 4 rings (SSSR count). The Morgan fingerprint density at radius 1 is 1.00 bits per heavy atom. The van der Waals surface area contributed by atoms with E-state index in [4.69, 9.17) is 0 Å². The summed E-state index contributed by atoms with van der Waals surface area (Å²) >= 11 is 0. The number of hydrogen-bond donors (Lipinski definition) is 0. The molecule has 0 aliphatic carbocycles. The third-order valence-corrected chi connectivity index (χ3v) is 4.82. The maximum atomic E-state index is 13.0. The molecule has 0 spiro atoms. The van der Waals surface area contributed by atoms with Crippen molar-refractivity contribution in [3.63, 3.8) is 0 Å². The minimum absolute atomic E-state index is 0.0187. The van der Waals surface area contributed by atoms with E-state index >= 15 is 0 Å². The highest BCUT2D eigenvalue weighted by molar-refractivity contribution is 5.98. The molecule has 1 aromatic heterocycles. The minimum Gasteiger partial charge on any atom is -0.356 e. The number of rotatable bonds is 3. The number of nitrogens with zero attached hydrogens (tertiary/aromatic N) is 3. The number of aromatic nitrogens is 2. The Morgan fingerprint density at radius 2 is 1.72 bits per heavy atom. The predicted octanol–water partition coefficient (Wildman–Crippen LogP) is 3.87. The zero-order valence-corrected chi connectivity index (χ0v) is 13.7. The Hall–Kier alpha value is -2.82. The minimum atomic E-state index is -0.318. The van der Waals surface area contributed by atoms with Crippen molar-refractivity contribution in [2.45, 2.75) is 12.8 Å². The lowest BCUT2D eigenvalue weighted by molar-refractivity contribution is 0.0900. The number of benzene rings is 2. The van der Waals surface area contributed by atoms with Crippen molar-refractivity contribution in [3.05, 3.63) is 66.2 Å². The fourth-order valence-corrected chi connectivity index (χ4v) is 3.45. The molecule has 0 amide bonds. The first-order valence-electron chi connectivity index (χ1n) is 8.47. The van der Waals surface area contributed by atoms with Crippen molar-refractivity contribution in [3.8, 4) is 0 Å². The predicted molar refractivity (Wildman–Crippen MR) is 95.2 cm³/mol. The molecule has 1 aliphatic rings. The molecule has 5 heteroatoms. The van der Waals surface area contributed by atoms with E-state index in [1.165, 1.54) is 12.1 Å². The lowest BCUT2D eigenvalue weighted by Crippen LogP contribution is -2.37. The average molecular weight is 335 g/mol. The van der Waals surface area contributed by atoms with Crippen LogP contribution in [0.3, 0.4) is 0 Å². The van der Waals surface area contributed by atoms with Gasteiger partial charge in [0.1, 0.15) is 18.0 Å². The number of piperidine rings is 1. The summed E-state index contributed by atoms with van der Waals surface area (Å²) in [6.07, 6.45) is 3.14. The molecule has 3 aromatic rings. The van der Waals surface area contributed by atoms with Crippen molar-refractivity contribution >= 4 is 22.5 Å². The van der Waals surface area contributed by atoms with E-state index in [1.807, 2.05) is 24.3 Å². The van der Waals surface area contributed by atoms with Crippen LogP contribution >= 0.6 is 0 Å². The lowest BCUT2D eigenvalue weighted by Gasteiger charge is -2.32. The molecule has 2 heterocycles. The summed E-state index contributed by atoms with van der Waals surface area (Å²) in [6, 6.07) is 13.8. The molecular formula is C20H18FN3O. The van der Waals surface area contributed by atoms with E-state index < -0.39 is 0 Å². The van der Waals surface area contributed by atoms with Gasteiger partial charge in [0.2, 0.25) is 0 Å². The quantitative estimate of drug-likeness (QED) is 0.682. The van der Waals surface area contributed by atoms with Crippen LogP contribution in [0.2, 0.25) is 0 Å². The van der Waals surface area contributed by atoms with Crippen LogP contribution in [0.25, 0.3) is 10.9 Å². The van der Waals surface area contributed by atoms with Gasteiger partial charge in [0, 0.05) is 30.0 Å². The summed E-state index contributed by atoms with van der Waals surface area (Å²) in [5.41, 5.74) is 1.52. The SMILES string of the molecule is O=C(c1ccc(F)cc1)C1CCN(c2ncnc3ccccc23)CC1. The van der Waals surface area contributed by atoms with Crippen molar-refractivity contribution in [2.75, 3.05) is 18.0 Å². The maximum absolute atomic E-state index is 13.0. The third kappa shape index (κ3) is 3.09.